The molecule has 0 saturated heterocycles. The molecule has 0 spiro atoms. The molecule has 0 aromatic heterocycles. The fourth-order valence-corrected chi connectivity index (χ4v) is 11.2. The van der Waals surface area contributed by atoms with Crippen LogP contribution in [0.3, 0.4) is 0 Å². The maximum Gasteiger partial charge on any atom is 0.472 e. The Morgan fingerprint density at radius 1 is 0.323 bits per heavy atom. The molecule has 2 atom stereocenters. The van der Waals surface area contributed by atoms with Crippen molar-refractivity contribution < 1.29 is 37.6 Å². The smallest absolute Gasteiger partial charge is 0.462 e. The van der Waals surface area contributed by atoms with E-state index in [4.69, 9.17) is 24.3 Å². The minimum absolute atomic E-state index is 0.0486. The van der Waals surface area contributed by atoms with Gasteiger partial charge in [0, 0.05) is 19.4 Å². The fraction of sp³-hybridized carbons (Fsp3) is 0.663. The maximum absolute atomic E-state index is 12.8. The number of carbonyl (C=O) groups excluding carboxylic acids is 2. The zero-order valence-electron chi connectivity index (χ0n) is 59.7. The predicted molar refractivity (Wildman–Crippen MR) is 403 cm³/mol. The van der Waals surface area contributed by atoms with Crippen LogP contribution in [0, 0.1) is 0 Å². The third-order valence-corrected chi connectivity index (χ3v) is 16.9. The summed E-state index contributed by atoms with van der Waals surface area (Å²) < 4.78 is 33.3. The number of esters is 2. The van der Waals surface area contributed by atoms with Crippen LogP contribution in [0.25, 0.3) is 0 Å². The number of allylic oxidation sites excluding steroid dienone is 26. The summed E-state index contributed by atoms with van der Waals surface area (Å²) in [5.74, 6) is -0.824. The van der Waals surface area contributed by atoms with E-state index >= 15 is 0 Å². The number of rotatable bonds is 70. The van der Waals surface area contributed by atoms with Crippen LogP contribution in [0.5, 0.6) is 0 Å². The molecule has 3 N–H and O–H groups in total. The van der Waals surface area contributed by atoms with Crippen LogP contribution in [-0.4, -0.2) is 49.3 Å². The molecular formula is C83H140NO8P. The van der Waals surface area contributed by atoms with Gasteiger partial charge in [0.2, 0.25) is 0 Å². The van der Waals surface area contributed by atoms with Crippen molar-refractivity contribution in [2.24, 2.45) is 5.73 Å². The second-order valence-corrected chi connectivity index (χ2v) is 26.2. The molecule has 0 amide bonds. The van der Waals surface area contributed by atoms with Crippen LogP contribution in [0.2, 0.25) is 0 Å². The van der Waals surface area contributed by atoms with Gasteiger partial charge in [0.1, 0.15) is 6.61 Å². The number of carbonyl (C=O) groups is 2. The minimum atomic E-state index is -4.40. The number of phosphoric ester groups is 1. The Morgan fingerprint density at radius 2 is 0.559 bits per heavy atom. The van der Waals surface area contributed by atoms with E-state index in [2.05, 4.69) is 172 Å². The van der Waals surface area contributed by atoms with Crippen molar-refractivity contribution in [3.05, 3.63) is 158 Å². The number of hydrogen-bond acceptors (Lipinski definition) is 8. The standard InChI is InChI=1S/C83H140NO8P/c1-3-5-7-9-11-13-15-17-19-21-23-25-27-29-31-33-35-37-39-40-42-44-46-48-50-52-54-56-58-60-62-64-66-68-70-72-74-76-83(86)92-81(80-91-93(87,88)90-78-77-84)79-89-82(85)75-73-71-69-67-65-63-61-59-57-55-53-51-49-47-45-43-41-38-36-34-32-30-28-26-24-22-20-18-16-14-12-10-8-6-4-2/h5-8,11-14,17-20,23-26,29-32,35-38,40,42,81H,3-4,9-10,15-16,21-22,27-28,33-34,39,41,43-80,84H2,1-2H3,(H,87,88)/b7-5-,8-6-,13-11-,14-12-,19-17-,20-18-,25-23-,26-24-,31-29-,32-30-,37-35-,38-36-,42-40-. The van der Waals surface area contributed by atoms with E-state index in [0.29, 0.717) is 6.42 Å². The van der Waals surface area contributed by atoms with Crippen molar-refractivity contribution >= 4 is 19.8 Å². The number of phosphoric acid groups is 1. The van der Waals surface area contributed by atoms with Crippen molar-refractivity contribution in [2.45, 2.75) is 328 Å². The second kappa shape index (κ2) is 76.6. The molecule has 0 saturated carbocycles. The van der Waals surface area contributed by atoms with Gasteiger partial charge in [-0.25, -0.2) is 4.57 Å². The Bertz CT molecular complexity index is 2090. The summed E-state index contributed by atoms with van der Waals surface area (Å²) in [7, 11) is -4.40. The van der Waals surface area contributed by atoms with Crippen LogP contribution >= 0.6 is 7.82 Å². The van der Waals surface area contributed by atoms with Crippen molar-refractivity contribution in [3.8, 4) is 0 Å². The Hall–Kier alpha value is -4.37. The molecule has 9 nitrogen and oxygen atoms in total. The molecule has 0 radical (unpaired) electrons. The molecule has 0 bridgehead atoms. The molecule has 0 aliphatic rings. The van der Waals surface area contributed by atoms with Gasteiger partial charge in [-0.05, 0) is 122 Å². The molecule has 0 fully saturated rings. The van der Waals surface area contributed by atoms with Gasteiger partial charge in [0.15, 0.2) is 6.10 Å². The van der Waals surface area contributed by atoms with Gasteiger partial charge in [-0.1, -0.05) is 345 Å². The van der Waals surface area contributed by atoms with Crippen molar-refractivity contribution in [1.82, 2.24) is 0 Å². The molecule has 10 heteroatoms. The largest absolute Gasteiger partial charge is 0.472 e. The van der Waals surface area contributed by atoms with Crippen molar-refractivity contribution in [1.29, 1.82) is 0 Å². The summed E-state index contributed by atoms with van der Waals surface area (Å²) in [5.41, 5.74) is 5.41. The lowest BCUT2D eigenvalue weighted by Gasteiger charge is -2.19. The maximum atomic E-state index is 12.8. The third-order valence-electron chi connectivity index (χ3n) is 15.9. The van der Waals surface area contributed by atoms with Gasteiger partial charge in [0.25, 0.3) is 0 Å². The molecular weight excluding hydrogens is 1170 g/mol. The normalized spacial score (nSPS) is 13.8. The first-order valence-electron chi connectivity index (χ1n) is 38.0. The van der Waals surface area contributed by atoms with E-state index in [0.717, 1.165) is 122 Å². The summed E-state index contributed by atoms with van der Waals surface area (Å²) in [5, 5.41) is 0. The summed E-state index contributed by atoms with van der Waals surface area (Å²) in [4.78, 5) is 35.4. The monoisotopic (exact) mass is 1310 g/mol. The van der Waals surface area contributed by atoms with Crippen LogP contribution in [0.1, 0.15) is 322 Å². The second-order valence-electron chi connectivity index (χ2n) is 24.8. The van der Waals surface area contributed by atoms with Gasteiger partial charge in [0.05, 0.1) is 13.2 Å². The Kier molecular flexibility index (Phi) is 73.0. The zero-order valence-corrected chi connectivity index (χ0v) is 60.6. The highest BCUT2D eigenvalue weighted by atomic mass is 31.2. The first-order chi connectivity index (χ1) is 45.8. The molecule has 0 rings (SSSR count). The first-order valence-corrected chi connectivity index (χ1v) is 39.5. The van der Waals surface area contributed by atoms with E-state index in [9.17, 15) is 19.0 Å². The molecule has 2 unspecified atom stereocenters. The zero-order chi connectivity index (χ0) is 67.2. The molecule has 0 aliphatic heterocycles. The molecule has 0 aromatic carbocycles. The number of unbranched alkanes of at least 4 members (excludes halogenated alkanes) is 31. The highest BCUT2D eigenvalue weighted by Crippen LogP contribution is 2.43. The lowest BCUT2D eigenvalue weighted by molar-refractivity contribution is -0.161. The minimum Gasteiger partial charge on any atom is -0.462 e. The average molecular weight is 1310 g/mol. The van der Waals surface area contributed by atoms with E-state index in [1.165, 1.54) is 167 Å². The van der Waals surface area contributed by atoms with Crippen LogP contribution < -0.4 is 5.73 Å². The molecule has 0 aromatic rings. The van der Waals surface area contributed by atoms with Gasteiger partial charge >= 0.3 is 19.8 Å². The topological polar surface area (TPSA) is 134 Å². The molecule has 93 heavy (non-hydrogen) atoms. The SMILES string of the molecule is CC/C=C\C/C=C\C/C=C\C/C=C\C/C=C\C/C=C\C/C=C\CCCCCCCCCCCCCCCCCC(=O)OC(COC(=O)CCCCCCCCCCCCCCCCCC/C=C\C/C=C\C/C=C\C/C=C\C/C=C\C/C=C\CC)COP(=O)(O)OCCN. The van der Waals surface area contributed by atoms with Gasteiger partial charge in [-0.3, -0.25) is 18.6 Å². The highest BCUT2D eigenvalue weighted by molar-refractivity contribution is 7.47. The first kappa shape index (κ1) is 88.6. The van der Waals surface area contributed by atoms with E-state index < -0.39 is 26.5 Å². The van der Waals surface area contributed by atoms with E-state index in [1.54, 1.807) is 0 Å². The summed E-state index contributed by atoms with van der Waals surface area (Å²) >= 11 is 0. The third kappa shape index (κ3) is 76.5. The van der Waals surface area contributed by atoms with Crippen molar-refractivity contribution in [2.75, 3.05) is 26.4 Å². The Morgan fingerprint density at radius 3 is 0.828 bits per heavy atom. The molecule has 0 heterocycles. The number of nitrogens with two attached hydrogens (primary N) is 1. The summed E-state index contributed by atoms with van der Waals surface area (Å²) in [6, 6.07) is 0. The lowest BCUT2D eigenvalue weighted by Crippen LogP contribution is -2.29. The summed E-state index contributed by atoms with van der Waals surface area (Å²) in [6.07, 6.45) is 112. The van der Waals surface area contributed by atoms with Gasteiger partial charge in [-0.2, -0.15) is 0 Å². The van der Waals surface area contributed by atoms with Crippen molar-refractivity contribution in [3.63, 3.8) is 0 Å². The molecule has 530 valence electrons. The van der Waals surface area contributed by atoms with E-state index in [-0.39, 0.29) is 38.6 Å². The number of hydrogen-bond donors (Lipinski definition) is 2. The molecule has 0 aliphatic carbocycles. The van der Waals surface area contributed by atoms with Gasteiger partial charge in [-0.15, -0.1) is 0 Å². The Balaban J connectivity index is 3.87. The Labute approximate surface area is 572 Å². The highest BCUT2D eigenvalue weighted by Gasteiger charge is 2.26. The van der Waals surface area contributed by atoms with E-state index in [1.807, 2.05) is 0 Å². The van der Waals surface area contributed by atoms with Crippen LogP contribution in [0.4, 0.5) is 0 Å². The van der Waals surface area contributed by atoms with Gasteiger partial charge < -0.3 is 20.1 Å². The fourth-order valence-electron chi connectivity index (χ4n) is 10.4. The van der Waals surface area contributed by atoms with Crippen LogP contribution in [0.15, 0.2) is 158 Å². The predicted octanol–water partition coefficient (Wildman–Crippen LogP) is 25.5. The lowest BCUT2D eigenvalue weighted by atomic mass is 10.0. The average Bonchev–Trinajstić information content (AvgIpc) is 3.04. The van der Waals surface area contributed by atoms with Crippen LogP contribution in [-0.2, 0) is 32.7 Å². The quantitative estimate of drug-likeness (QED) is 0.0264. The number of ether oxygens (including phenoxy) is 2. The summed E-state index contributed by atoms with van der Waals surface area (Å²) in [6.45, 7) is 3.54.